The largest absolute Gasteiger partial charge is 0.470 e. The summed E-state index contributed by atoms with van der Waals surface area (Å²) in [6, 6.07) is 0. The van der Waals surface area contributed by atoms with Crippen LogP contribution in [0.15, 0.2) is 24.3 Å². The fraction of sp³-hybridized carbons (Fsp3) is 0.375. The van der Waals surface area contributed by atoms with Crippen molar-refractivity contribution in [1.82, 2.24) is 0 Å². The molecule has 0 aromatic carbocycles. The Morgan fingerprint density at radius 3 is 2.42 bits per heavy atom. The molecule has 1 rings (SSSR count). The molecule has 0 radical (unpaired) electrons. The molecule has 0 heterocycles. The van der Waals surface area contributed by atoms with Gasteiger partial charge in [0.25, 0.3) is 0 Å². The van der Waals surface area contributed by atoms with Crippen LogP contribution < -0.4 is 0 Å². The molecule has 64 valence electrons. The SMILES string of the molecule is CC(=O)C1(B(O)O)C=CC=CC1. The van der Waals surface area contributed by atoms with Gasteiger partial charge in [-0.05, 0) is 13.3 Å². The lowest BCUT2D eigenvalue weighted by Gasteiger charge is -2.26. The van der Waals surface area contributed by atoms with Crippen molar-refractivity contribution in [2.45, 2.75) is 18.7 Å². The summed E-state index contributed by atoms with van der Waals surface area (Å²) in [7, 11) is -1.61. The maximum absolute atomic E-state index is 11.2. The number of ketones is 1. The Kier molecular flexibility index (Phi) is 2.50. The first-order chi connectivity index (χ1) is 5.59. The Morgan fingerprint density at radius 2 is 2.17 bits per heavy atom. The number of rotatable bonds is 2. The molecule has 4 heteroatoms. The Balaban J connectivity index is 2.96. The van der Waals surface area contributed by atoms with Crippen molar-refractivity contribution in [3.63, 3.8) is 0 Å². The molecule has 0 bridgehead atoms. The molecule has 3 nitrogen and oxygen atoms in total. The van der Waals surface area contributed by atoms with E-state index in [1.807, 2.05) is 0 Å². The molecule has 0 saturated heterocycles. The van der Waals surface area contributed by atoms with Gasteiger partial charge in [0.1, 0.15) is 5.78 Å². The van der Waals surface area contributed by atoms with Crippen molar-refractivity contribution in [2.24, 2.45) is 0 Å². The Bertz CT molecular complexity index is 245. The van der Waals surface area contributed by atoms with Gasteiger partial charge in [0.15, 0.2) is 0 Å². The predicted octanol–water partition coefficient (Wildman–Crippen LogP) is 0.305. The van der Waals surface area contributed by atoms with Crippen molar-refractivity contribution in [2.75, 3.05) is 0 Å². The highest BCUT2D eigenvalue weighted by Gasteiger charge is 2.43. The summed E-state index contributed by atoms with van der Waals surface area (Å²) in [5.41, 5.74) is 0. The second-order valence-corrected chi connectivity index (χ2v) is 2.96. The van der Waals surface area contributed by atoms with Crippen LogP contribution in [0.2, 0.25) is 5.31 Å². The van der Waals surface area contributed by atoms with Crippen molar-refractivity contribution in [1.29, 1.82) is 0 Å². The van der Waals surface area contributed by atoms with E-state index in [9.17, 15) is 4.79 Å². The van der Waals surface area contributed by atoms with E-state index in [2.05, 4.69) is 0 Å². The minimum Gasteiger partial charge on any atom is -0.426 e. The van der Waals surface area contributed by atoms with Gasteiger partial charge in [0.05, 0.1) is 5.31 Å². The molecule has 1 atom stereocenters. The molecule has 0 amide bonds. The lowest BCUT2D eigenvalue weighted by atomic mass is 9.53. The van der Waals surface area contributed by atoms with Gasteiger partial charge in [-0.25, -0.2) is 0 Å². The number of hydrogen-bond acceptors (Lipinski definition) is 3. The van der Waals surface area contributed by atoms with Crippen LogP contribution in [0.4, 0.5) is 0 Å². The summed E-state index contributed by atoms with van der Waals surface area (Å²) in [5.74, 6) is -0.224. The minimum atomic E-state index is -1.61. The maximum atomic E-state index is 11.2. The summed E-state index contributed by atoms with van der Waals surface area (Å²) in [4.78, 5) is 11.2. The number of allylic oxidation sites excluding steroid dienone is 4. The molecule has 0 aromatic rings. The highest BCUT2D eigenvalue weighted by Crippen LogP contribution is 2.37. The average Bonchev–Trinajstić information content (AvgIpc) is 2.05. The van der Waals surface area contributed by atoms with E-state index in [1.54, 1.807) is 24.3 Å². The molecule has 1 aliphatic carbocycles. The van der Waals surface area contributed by atoms with E-state index in [0.717, 1.165) is 0 Å². The van der Waals surface area contributed by atoms with Crippen LogP contribution in [0, 0.1) is 0 Å². The number of carbonyl (C=O) groups is 1. The van der Waals surface area contributed by atoms with Crippen molar-refractivity contribution in [3.8, 4) is 0 Å². The monoisotopic (exact) mass is 166 g/mol. The first-order valence-electron chi connectivity index (χ1n) is 3.81. The van der Waals surface area contributed by atoms with Crippen LogP contribution in [0.3, 0.4) is 0 Å². The normalized spacial score (nSPS) is 27.2. The van der Waals surface area contributed by atoms with Gasteiger partial charge in [-0.2, -0.15) is 0 Å². The molecule has 12 heavy (non-hydrogen) atoms. The van der Waals surface area contributed by atoms with E-state index in [1.165, 1.54) is 6.92 Å². The zero-order valence-corrected chi connectivity index (χ0v) is 6.90. The molecule has 1 unspecified atom stereocenters. The third kappa shape index (κ3) is 1.35. The summed E-state index contributed by atoms with van der Waals surface area (Å²) in [5, 5.41) is 17.0. The second kappa shape index (κ2) is 3.25. The van der Waals surface area contributed by atoms with Gasteiger partial charge in [0.2, 0.25) is 0 Å². The first kappa shape index (κ1) is 9.22. The molecular formula is C8H11BO3. The summed E-state index contributed by atoms with van der Waals surface area (Å²) in [6.07, 6.45) is 7.09. The predicted molar refractivity (Wildman–Crippen MR) is 46.5 cm³/mol. The van der Waals surface area contributed by atoms with Gasteiger partial charge in [-0.15, -0.1) is 0 Å². The highest BCUT2D eigenvalue weighted by atomic mass is 16.4. The number of hydrogen-bond donors (Lipinski definition) is 2. The average molecular weight is 166 g/mol. The van der Waals surface area contributed by atoms with E-state index in [-0.39, 0.29) is 5.78 Å². The fourth-order valence-corrected chi connectivity index (χ4v) is 1.27. The lowest BCUT2D eigenvalue weighted by Crippen LogP contribution is -2.37. The van der Waals surface area contributed by atoms with Crippen LogP contribution in [0.1, 0.15) is 13.3 Å². The maximum Gasteiger partial charge on any atom is 0.470 e. The number of carbonyl (C=O) groups excluding carboxylic acids is 1. The van der Waals surface area contributed by atoms with Crippen LogP contribution in [-0.2, 0) is 4.79 Å². The van der Waals surface area contributed by atoms with Crippen LogP contribution in [0.25, 0.3) is 0 Å². The summed E-state index contributed by atoms with van der Waals surface area (Å²) in [6.45, 7) is 1.36. The zero-order valence-electron chi connectivity index (χ0n) is 6.90. The third-order valence-corrected chi connectivity index (χ3v) is 2.21. The quantitative estimate of drug-likeness (QED) is 0.580. The van der Waals surface area contributed by atoms with E-state index in [4.69, 9.17) is 10.0 Å². The van der Waals surface area contributed by atoms with Crippen molar-refractivity contribution < 1.29 is 14.8 Å². The smallest absolute Gasteiger partial charge is 0.426 e. The van der Waals surface area contributed by atoms with Gasteiger partial charge in [0, 0.05) is 0 Å². The molecule has 0 spiro atoms. The third-order valence-electron chi connectivity index (χ3n) is 2.21. The first-order valence-corrected chi connectivity index (χ1v) is 3.81. The molecule has 0 saturated carbocycles. The standard InChI is InChI=1S/C8H11BO3/c1-7(10)8(9(11)12)5-3-2-4-6-8/h2-5,11-12H,6H2,1H3. The highest BCUT2D eigenvalue weighted by molar-refractivity contribution is 6.53. The van der Waals surface area contributed by atoms with Crippen molar-refractivity contribution in [3.05, 3.63) is 24.3 Å². The molecular weight excluding hydrogens is 155 g/mol. The molecule has 0 fully saturated rings. The van der Waals surface area contributed by atoms with Crippen LogP contribution >= 0.6 is 0 Å². The fourth-order valence-electron chi connectivity index (χ4n) is 1.27. The Morgan fingerprint density at radius 1 is 1.50 bits per heavy atom. The second-order valence-electron chi connectivity index (χ2n) is 2.96. The summed E-state index contributed by atoms with van der Waals surface area (Å²) >= 11 is 0. The van der Waals surface area contributed by atoms with Crippen LogP contribution in [-0.4, -0.2) is 22.9 Å². The van der Waals surface area contributed by atoms with Crippen molar-refractivity contribution >= 4 is 12.9 Å². The van der Waals surface area contributed by atoms with Gasteiger partial charge in [-0.3, -0.25) is 4.79 Å². The topological polar surface area (TPSA) is 57.5 Å². The summed E-state index contributed by atoms with van der Waals surface area (Å²) < 4.78 is 0. The Labute approximate surface area is 71.6 Å². The molecule has 2 N–H and O–H groups in total. The molecule has 1 aliphatic rings. The lowest BCUT2D eigenvalue weighted by molar-refractivity contribution is -0.119. The minimum absolute atomic E-state index is 0.224. The molecule has 0 aliphatic heterocycles. The van der Waals surface area contributed by atoms with E-state index >= 15 is 0 Å². The zero-order chi connectivity index (χ0) is 9.19. The van der Waals surface area contributed by atoms with Gasteiger partial charge < -0.3 is 10.0 Å². The van der Waals surface area contributed by atoms with Crippen LogP contribution in [0.5, 0.6) is 0 Å². The number of Topliss-reactive ketones (excluding diaryl/α,β-unsaturated/α-hetero) is 1. The Hall–Kier alpha value is -0.865. The van der Waals surface area contributed by atoms with E-state index < -0.39 is 12.4 Å². The molecule has 0 aromatic heterocycles. The van der Waals surface area contributed by atoms with E-state index in [0.29, 0.717) is 6.42 Å². The van der Waals surface area contributed by atoms with Gasteiger partial charge >= 0.3 is 7.12 Å². The van der Waals surface area contributed by atoms with Gasteiger partial charge in [-0.1, -0.05) is 24.3 Å².